The largest absolute Gasteiger partial charge is 0.151 e. The summed E-state index contributed by atoms with van der Waals surface area (Å²) in [6.45, 7) is 11.7. The second kappa shape index (κ2) is 7.83. The van der Waals surface area contributed by atoms with Crippen molar-refractivity contribution in [3.8, 4) is 0 Å². The average Bonchev–Trinajstić information content (AvgIpc) is 1.91. The molecule has 0 rings (SSSR count). The summed E-state index contributed by atoms with van der Waals surface area (Å²) in [7, 11) is 0. The molecule has 0 saturated carbocycles. The first-order chi connectivity index (χ1) is 4.18. The number of allylic oxidation sites excluding steroid dienone is 2. The zero-order chi connectivity index (χ0) is 7.86. The van der Waals surface area contributed by atoms with Crippen molar-refractivity contribution < 1.29 is 0 Å². The molecule has 0 nitrogen and oxygen atoms in total. The highest BCUT2D eigenvalue weighted by molar-refractivity contribution is 7.83. The summed E-state index contributed by atoms with van der Waals surface area (Å²) in [5.74, 6) is 0. The van der Waals surface area contributed by atoms with Crippen LogP contribution in [-0.2, 0) is 0 Å². The lowest BCUT2D eigenvalue weighted by Crippen LogP contribution is -1.70. The van der Waals surface area contributed by atoms with Crippen LogP contribution in [0.15, 0.2) is 23.1 Å². The van der Waals surface area contributed by atoms with E-state index in [4.69, 9.17) is 0 Å². The van der Waals surface area contributed by atoms with Crippen LogP contribution in [0.4, 0.5) is 0 Å². The summed E-state index contributed by atoms with van der Waals surface area (Å²) in [5.41, 5.74) is 2.22. The van der Waals surface area contributed by atoms with E-state index in [1.807, 2.05) is 27.7 Å². The molecule has 0 fully saturated rings. The first kappa shape index (κ1) is 11.6. The highest BCUT2D eigenvalue weighted by atomic mass is 32.1. The SMILES string of the molecule is C=C(C)/C(C)=C\S.CC. The van der Waals surface area contributed by atoms with Crippen molar-refractivity contribution in [2.45, 2.75) is 27.7 Å². The van der Waals surface area contributed by atoms with Crippen LogP contribution in [-0.4, -0.2) is 0 Å². The molecule has 9 heavy (non-hydrogen) atoms. The van der Waals surface area contributed by atoms with Crippen LogP contribution in [0.2, 0.25) is 0 Å². The second-order valence-electron chi connectivity index (χ2n) is 1.59. The van der Waals surface area contributed by atoms with Gasteiger partial charge in [0, 0.05) is 0 Å². The van der Waals surface area contributed by atoms with Crippen molar-refractivity contribution in [1.29, 1.82) is 0 Å². The lowest BCUT2D eigenvalue weighted by molar-refractivity contribution is 1.38. The maximum Gasteiger partial charge on any atom is -0.0292 e. The summed E-state index contributed by atoms with van der Waals surface area (Å²) < 4.78 is 0. The Morgan fingerprint density at radius 2 is 1.67 bits per heavy atom. The van der Waals surface area contributed by atoms with Crippen LogP contribution in [0.5, 0.6) is 0 Å². The fourth-order valence-corrected chi connectivity index (χ4v) is 0.331. The molecule has 0 N–H and O–H groups in total. The number of thiol groups is 1. The second-order valence-corrected chi connectivity index (χ2v) is 1.85. The summed E-state index contributed by atoms with van der Waals surface area (Å²) >= 11 is 3.93. The maximum atomic E-state index is 3.93. The molecule has 1 heteroatoms. The van der Waals surface area contributed by atoms with Crippen molar-refractivity contribution in [2.75, 3.05) is 0 Å². The third-order valence-corrected chi connectivity index (χ3v) is 1.25. The molecule has 0 aliphatic carbocycles. The Balaban J connectivity index is 0. The van der Waals surface area contributed by atoms with E-state index >= 15 is 0 Å². The third-order valence-electron chi connectivity index (χ3n) is 0.867. The first-order valence-electron chi connectivity index (χ1n) is 3.15. The van der Waals surface area contributed by atoms with Gasteiger partial charge in [0.1, 0.15) is 0 Å². The van der Waals surface area contributed by atoms with Gasteiger partial charge in [0.2, 0.25) is 0 Å². The average molecular weight is 144 g/mol. The third kappa shape index (κ3) is 7.83. The minimum Gasteiger partial charge on any atom is -0.151 e. The minimum absolute atomic E-state index is 1.08. The van der Waals surface area contributed by atoms with Gasteiger partial charge in [0.25, 0.3) is 0 Å². The van der Waals surface area contributed by atoms with Crippen molar-refractivity contribution in [1.82, 2.24) is 0 Å². The molecule has 0 aliphatic heterocycles. The summed E-state index contributed by atoms with van der Waals surface area (Å²) in [4.78, 5) is 0. The minimum atomic E-state index is 1.08. The lowest BCUT2D eigenvalue weighted by Gasteiger charge is -1.91. The van der Waals surface area contributed by atoms with Gasteiger partial charge in [-0.15, -0.1) is 0 Å². The molecular weight excluding hydrogens is 128 g/mol. The van der Waals surface area contributed by atoms with E-state index in [0.29, 0.717) is 0 Å². The topological polar surface area (TPSA) is 0 Å². The van der Waals surface area contributed by atoms with Crippen LogP contribution in [0.25, 0.3) is 0 Å². The van der Waals surface area contributed by atoms with Gasteiger partial charge in [-0.25, -0.2) is 0 Å². The first-order valence-corrected chi connectivity index (χ1v) is 3.67. The van der Waals surface area contributed by atoms with Crippen LogP contribution >= 0.6 is 12.6 Å². The molecule has 0 spiro atoms. The molecule has 0 radical (unpaired) electrons. The Labute approximate surface area is 64.1 Å². The van der Waals surface area contributed by atoms with Gasteiger partial charge in [0.15, 0.2) is 0 Å². The Hall–Kier alpha value is -0.170. The predicted octanol–water partition coefficient (Wildman–Crippen LogP) is 3.42. The van der Waals surface area contributed by atoms with Gasteiger partial charge in [-0.3, -0.25) is 0 Å². The zero-order valence-corrected chi connectivity index (χ0v) is 7.63. The van der Waals surface area contributed by atoms with Crippen molar-refractivity contribution in [3.63, 3.8) is 0 Å². The molecule has 0 aromatic carbocycles. The van der Waals surface area contributed by atoms with Gasteiger partial charge >= 0.3 is 0 Å². The molecule has 0 saturated heterocycles. The Morgan fingerprint density at radius 3 is 1.67 bits per heavy atom. The molecule has 0 bridgehead atoms. The van der Waals surface area contributed by atoms with E-state index in [2.05, 4.69) is 19.2 Å². The van der Waals surface area contributed by atoms with Crippen molar-refractivity contribution in [2.24, 2.45) is 0 Å². The fraction of sp³-hybridized carbons (Fsp3) is 0.500. The highest BCUT2D eigenvalue weighted by Crippen LogP contribution is 2.04. The van der Waals surface area contributed by atoms with Gasteiger partial charge in [0.05, 0.1) is 0 Å². The fourth-order valence-electron chi connectivity index (χ4n) is 0.110. The molecule has 0 atom stereocenters. The normalized spacial score (nSPS) is 9.67. The summed E-state index contributed by atoms with van der Waals surface area (Å²) in [6.07, 6.45) is 0. The van der Waals surface area contributed by atoms with E-state index in [0.717, 1.165) is 11.1 Å². The summed E-state index contributed by atoms with van der Waals surface area (Å²) in [5, 5.41) is 1.75. The molecule has 0 heterocycles. The van der Waals surface area contributed by atoms with Crippen LogP contribution in [0, 0.1) is 0 Å². The van der Waals surface area contributed by atoms with Crippen molar-refractivity contribution in [3.05, 3.63) is 23.1 Å². The Bertz CT molecular complexity index is 101. The number of hydrogen-bond acceptors (Lipinski definition) is 1. The van der Waals surface area contributed by atoms with Gasteiger partial charge in [-0.05, 0) is 24.8 Å². The molecule has 0 aliphatic rings. The standard InChI is InChI=1S/C6H10S.C2H6/c1-5(2)6(3)4-7;1-2/h4,7H,1H2,2-3H3;1-2H3/b6-4-;. The van der Waals surface area contributed by atoms with Gasteiger partial charge in [-0.1, -0.05) is 26.0 Å². The summed E-state index contributed by atoms with van der Waals surface area (Å²) in [6, 6.07) is 0. The van der Waals surface area contributed by atoms with E-state index < -0.39 is 0 Å². The molecular formula is C8H16S. The van der Waals surface area contributed by atoms with Gasteiger partial charge in [-0.2, -0.15) is 12.6 Å². The molecule has 0 amide bonds. The van der Waals surface area contributed by atoms with E-state index in [1.165, 1.54) is 0 Å². The maximum absolute atomic E-state index is 3.93. The van der Waals surface area contributed by atoms with E-state index in [1.54, 1.807) is 5.41 Å². The molecule has 0 aromatic heterocycles. The van der Waals surface area contributed by atoms with Crippen LogP contribution in [0.1, 0.15) is 27.7 Å². The van der Waals surface area contributed by atoms with E-state index in [9.17, 15) is 0 Å². The molecule has 54 valence electrons. The molecule has 0 unspecified atom stereocenters. The highest BCUT2D eigenvalue weighted by Gasteiger charge is 1.81. The molecule has 0 aromatic rings. The zero-order valence-electron chi connectivity index (χ0n) is 6.73. The predicted molar refractivity (Wildman–Crippen MR) is 48.9 cm³/mol. The Kier molecular flexibility index (Phi) is 10.1. The monoisotopic (exact) mass is 144 g/mol. The number of hydrogen-bond donors (Lipinski definition) is 1. The Morgan fingerprint density at radius 1 is 1.33 bits per heavy atom. The van der Waals surface area contributed by atoms with E-state index in [-0.39, 0.29) is 0 Å². The smallest absolute Gasteiger partial charge is 0.0292 e. The number of rotatable bonds is 1. The van der Waals surface area contributed by atoms with Crippen molar-refractivity contribution >= 4 is 12.6 Å². The lowest BCUT2D eigenvalue weighted by atomic mass is 10.2. The quantitative estimate of drug-likeness (QED) is 0.423. The van der Waals surface area contributed by atoms with Gasteiger partial charge < -0.3 is 0 Å². The van der Waals surface area contributed by atoms with Crippen LogP contribution in [0.3, 0.4) is 0 Å². The van der Waals surface area contributed by atoms with Crippen LogP contribution < -0.4 is 0 Å².